The first-order chi connectivity index (χ1) is 7.07. The van der Waals surface area contributed by atoms with Gasteiger partial charge in [-0.2, -0.15) is 13.2 Å². The van der Waals surface area contributed by atoms with E-state index in [1.54, 1.807) is 0 Å². The van der Waals surface area contributed by atoms with Gasteiger partial charge in [0, 0.05) is 17.8 Å². The fourth-order valence-corrected chi connectivity index (χ4v) is 2.63. The van der Waals surface area contributed by atoms with Crippen molar-refractivity contribution >= 4 is 11.3 Å². The number of aromatic nitrogens is 1. The predicted molar refractivity (Wildman–Crippen MR) is 52.0 cm³/mol. The first-order valence-electron chi connectivity index (χ1n) is 4.80. The van der Waals surface area contributed by atoms with E-state index in [0.717, 1.165) is 42.6 Å². The van der Waals surface area contributed by atoms with Gasteiger partial charge < -0.3 is 5.32 Å². The summed E-state index contributed by atoms with van der Waals surface area (Å²) in [5, 5.41) is 4.87. The molecule has 1 fully saturated rings. The van der Waals surface area contributed by atoms with Gasteiger partial charge in [0.2, 0.25) is 0 Å². The summed E-state index contributed by atoms with van der Waals surface area (Å²) in [4.78, 5) is 3.66. The van der Waals surface area contributed by atoms with Gasteiger partial charge in [-0.25, -0.2) is 4.98 Å². The topological polar surface area (TPSA) is 24.9 Å². The van der Waals surface area contributed by atoms with Crippen LogP contribution in [0.1, 0.15) is 29.5 Å². The molecule has 0 aliphatic carbocycles. The number of hydrogen-bond acceptors (Lipinski definition) is 3. The van der Waals surface area contributed by atoms with Crippen LogP contribution in [0.15, 0.2) is 5.38 Å². The second-order valence-electron chi connectivity index (χ2n) is 3.61. The molecule has 1 aromatic heterocycles. The molecule has 15 heavy (non-hydrogen) atoms. The molecule has 0 spiro atoms. The molecule has 1 aliphatic rings. The van der Waals surface area contributed by atoms with Crippen LogP contribution in [0.5, 0.6) is 0 Å². The fraction of sp³-hybridized carbons (Fsp3) is 0.667. The Morgan fingerprint density at radius 3 is 2.80 bits per heavy atom. The normalized spacial score (nSPS) is 23.0. The summed E-state index contributed by atoms with van der Waals surface area (Å²) in [6.07, 6.45) is -2.37. The molecule has 1 aliphatic heterocycles. The van der Waals surface area contributed by atoms with Crippen LogP contribution in [0, 0.1) is 0 Å². The van der Waals surface area contributed by atoms with Gasteiger partial charge in [0.15, 0.2) is 5.69 Å². The molecule has 0 aromatic carbocycles. The average Bonchev–Trinajstić information content (AvgIpc) is 2.67. The van der Waals surface area contributed by atoms with Crippen LogP contribution in [-0.2, 0) is 6.18 Å². The highest BCUT2D eigenvalue weighted by Gasteiger charge is 2.34. The van der Waals surface area contributed by atoms with E-state index in [4.69, 9.17) is 0 Å². The molecule has 84 valence electrons. The highest BCUT2D eigenvalue weighted by atomic mass is 32.1. The molecule has 1 saturated heterocycles. The third-order valence-corrected chi connectivity index (χ3v) is 3.47. The minimum absolute atomic E-state index is 0.153. The Kier molecular flexibility index (Phi) is 2.97. The molecule has 0 amide bonds. The van der Waals surface area contributed by atoms with Crippen molar-refractivity contribution in [2.45, 2.75) is 24.9 Å². The van der Waals surface area contributed by atoms with Crippen molar-refractivity contribution in [3.8, 4) is 0 Å². The zero-order chi connectivity index (χ0) is 10.9. The second kappa shape index (κ2) is 4.09. The molecule has 2 heterocycles. The van der Waals surface area contributed by atoms with Crippen LogP contribution in [0.4, 0.5) is 13.2 Å². The Labute approximate surface area is 89.5 Å². The van der Waals surface area contributed by atoms with Crippen LogP contribution in [0.25, 0.3) is 0 Å². The molecule has 0 saturated carbocycles. The Morgan fingerprint density at radius 2 is 2.27 bits per heavy atom. The lowest BCUT2D eigenvalue weighted by Crippen LogP contribution is -2.28. The van der Waals surface area contributed by atoms with E-state index in [9.17, 15) is 13.2 Å². The summed E-state index contributed by atoms with van der Waals surface area (Å²) in [7, 11) is 0. The number of rotatable bonds is 1. The highest BCUT2D eigenvalue weighted by Crippen LogP contribution is 2.33. The lowest BCUT2D eigenvalue weighted by atomic mass is 10.0. The van der Waals surface area contributed by atoms with E-state index >= 15 is 0 Å². The number of nitrogens with one attached hydrogen (secondary N) is 1. The molecule has 1 N–H and O–H groups in total. The first kappa shape index (κ1) is 10.9. The molecular formula is C9H11F3N2S. The molecule has 2 nitrogen and oxygen atoms in total. The summed E-state index contributed by atoms with van der Waals surface area (Å²) in [5.41, 5.74) is -0.756. The van der Waals surface area contributed by atoms with E-state index in [0.29, 0.717) is 5.01 Å². The Hall–Kier alpha value is -0.620. The monoisotopic (exact) mass is 236 g/mol. The second-order valence-corrected chi connectivity index (χ2v) is 4.50. The van der Waals surface area contributed by atoms with Crippen LogP contribution in [-0.4, -0.2) is 18.1 Å². The van der Waals surface area contributed by atoms with Crippen LogP contribution < -0.4 is 5.32 Å². The van der Waals surface area contributed by atoms with Gasteiger partial charge in [0.1, 0.15) is 0 Å². The number of halogens is 3. The number of alkyl halides is 3. The van der Waals surface area contributed by atoms with Gasteiger partial charge >= 0.3 is 6.18 Å². The third kappa shape index (κ3) is 2.49. The van der Waals surface area contributed by atoms with E-state index in [1.165, 1.54) is 0 Å². The zero-order valence-corrected chi connectivity index (χ0v) is 8.79. The molecule has 1 atom stereocenters. The lowest BCUT2D eigenvalue weighted by molar-refractivity contribution is -0.140. The summed E-state index contributed by atoms with van der Waals surface area (Å²) < 4.78 is 36.9. The largest absolute Gasteiger partial charge is 0.434 e. The molecule has 0 unspecified atom stereocenters. The molecule has 2 rings (SSSR count). The summed E-state index contributed by atoms with van der Waals surface area (Å²) in [6, 6.07) is 0. The van der Waals surface area contributed by atoms with Crippen molar-refractivity contribution in [3.63, 3.8) is 0 Å². The predicted octanol–water partition coefficient (Wildman–Crippen LogP) is 2.63. The molecule has 0 radical (unpaired) electrons. The SMILES string of the molecule is FC(F)(F)c1csc([C@H]2CCCNC2)n1. The minimum atomic E-state index is -4.31. The van der Waals surface area contributed by atoms with Crippen LogP contribution in [0.2, 0.25) is 0 Å². The standard InChI is InChI=1S/C9H11F3N2S/c10-9(11,12)7-5-15-8(14-7)6-2-1-3-13-4-6/h5-6,13H,1-4H2/t6-/m0/s1. The zero-order valence-electron chi connectivity index (χ0n) is 7.97. The van der Waals surface area contributed by atoms with E-state index in [1.807, 2.05) is 0 Å². The van der Waals surface area contributed by atoms with E-state index in [2.05, 4.69) is 10.3 Å². The molecule has 0 bridgehead atoms. The summed E-state index contributed by atoms with van der Waals surface area (Å²) in [6.45, 7) is 1.69. The number of hydrogen-bond donors (Lipinski definition) is 1. The van der Waals surface area contributed by atoms with Crippen molar-refractivity contribution in [1.29, 1.82) is 0 Å². The smallest absolute Gasteiger partial charge is 0.316 e. The molecule has 6 heteroatoms. The van der Waals surface area contributed by atoms with E-state index < -0.39 is 11.9 Å². The van der Waals surface area contributed by atoms with Crippen molar-refractivity contribution in [3.05, 3.63) is 16.1 Å². The maximum Gasteiger partial charge on any atom is 0.434 e. The number of nitrogens with zero attached hydrogens (tertiary/aromatic N) is 1. The highest BCUT2D eigenvalue weighted by molar-refractivity contribution is 7.09. The molecule has 1 aromatic rings. The van der Waals surface area contributed by atoms with Gasteiger partial charge in [-0.15, -0.1) is 11.3 Å². The Bertz CT molecular complexity index is 328. The van der Waals surface area contributed by atoms with E-state index in [-0.39, 0.29) is 5.92 Å². The van der Waals surface area contributed by atoms with Crippen molar-refractivity contribution in [1.82, 2.24) is 10.3 Å². The van der Waals surface area contributed by atoms with Gasteiger partial charge in [-0.05, 0) is 19.4 Å². The van der Waals surface area contributed by atoms with Crippen molar-refractivity contribution < 1.29 is 13.2 Å². The summed E-state index contributed by atoms with van der Waals surface area (Å²) >= 11 is 1.11. The average molecular weight is 236 g/mol. The van der Waals surface area contributed by atoms with Gasteiger partial charge in [0.25, 0.3) is 0 Å². The van der Waals surface area contributed by atoms with Crippen LogP contribution in [0.3, 0.4) is 0 Å². The lowest BCUT2D eigenvalue weighted by Gasteiger charge is -2.20. The van der Waals surface area contributed by atoms with Gasteiger partial charge in [0.05, 0.1) is 5.01 Å². The number of piperidine rings is 1. The maximum absolute atomic E-state index is 12.3. The first-order valence-corrected chi connectivity index (χ1v) is 5.68. The van der Waals surface area contributed by atoms with Crippen molar-refractivity contribution in [2.24, 2.45) is 0 Å². The Morgan fingerprint density at radius 1 is 1.47 bits per heavy atom. The maximum atomic E-state index is 12.3. The van der Waals surface area contributed by atoms with Crippen LogP contribution >= 0.6 is 11.3 Å². The quantitative estimate of drug-likeness (QED) is 0.810. The minimum Gasteiger partial charge on any atom is -0.316 e. The summed E-state index contributed by atoms with van der Waals surface area (Å²) in [5.74, 6) is 0.153. The Balaban J connectivity index is 2.12. The van der Waals surface area contributed by atoms with Gasteiger partial charge in [-0.3, -0.25) is 0 Å². The molecular weight excluding hydrogens is 225 g/mol. The van der Waals surface area contributed by atoms with Crippen molar-refractivity contribution in [2.75, 3.05) is 13.1 Å². The fourth-order valence-electron chi connectivity index (χ4n) is 1.67. The third-order valence-electron chi connectivity index (χ3n) is 2.46. The number of thiazole rings is 1. The van der Waals surface area contributed by atoms with Gasteiger partial charge in [-0.1, -0.05) is 0 Å².